The summed E-state index contributed by atoms with van der Waals surface area (Å²) in [6, 6.07) is 6.69. The van der Waals surface area contributed by atoms with Crippen LogP contribution in [0.1, 0.15) is 56.8 Å². The highest BCUT2D eigenvalue weighted by Gasteiger charge is 2.32. The van der Waals surface area contributed by atoms with Crippen molar-refractivity contribution in [2.45, 2.75) is 52.0 Å². The van der Waals surface area contributed by atoms with Gasteiger partial charge in [0.2, 0.25) is 5.91 Å². The van der Waals surface area contributed by atoms with Gasteiger partial charge in [0.15, 0.2) is 0 Å². The van der Waals surface area contributed by atoms with Gasteiger partial charge in [-0.05, 0) is 57.9 Å². The molecular weight excluding hydrogens is 300 g/mol. The van der Waals surface area contributed by atoms with E-state index in [0.29, 0.717) is 10.6 Å². The van der Waals surface area contributed by atoms with Gasteiger partial charge in [0.1, 0.15) is 0 Å². The zero-order chi connectivity index (χ0) is 16.3. The summed E-state index contributed by atoms with van der Waals surface area (Å²) in [4.78, 5) is 25.1. The Balaban J connectivity index is 2.17. The fourth-order valence-corrected chi connectivity index (χ4v) is 2.76. The van der Waals surface area contributed by atoms with Crippen LogP contribution >= 0.6 is 11.6 Å². The molecule has 4 nitrogen and oxygen atoms in total. The second-order valence-electron chi connectivity index (χ2n) is 6.78. The van der Waals surface area contributed by atoms with Gasteiger partial charge in [0, 0.05) is 16.5 Å². The predicted octanol–water partition coefficient (Wildman–Crippen LogP) is 3.80. The van der Waals surface area contributed by atoms with Gasteiger partial charge in [-0.2, -0.15) is 0 Å². The lowest BCUT2D eigenvalue weighted by Crippen LogP contribution is -2.56. The Hall–Kier alpha value is -1.55. The summed E-state index contributed by atoms with van der Waals surface area (Å²) in [7, 11) is 0. The predicted molar refractivity (Wildman–Crippen MR) is 87.5 cm³/mol. The molecule has 1 N–H and O–H groups in total. The van der Waals surface area contributed by atoms with Crippen molar-refractivity contribution in [3.8, 4) is 0 Å². The van der Waals surface area contributed by atoms with Crippen molar-refractivity contribution >= 4 is 23.4 Å². The Morgan fingerprint density at radius 2 is 1.68 bits per heavy atom. The summed E-state index contributed by atoms with van der Waals surface area (Å²) in [5, 5.41) is 2.01. The number of rotatable bonds is 2. The molecule has 1 aliphatic rings. The van der Waals surface area contributed by atoms with E-state index in [1.807, 2.05) is 20.8 Å². The van der Waals surface area contributed by atoms with E-state index in [9.17, 15) is 9.59 Å². The molecule has 0 radical (unpaired) electrons. The van der Waals surface area contributed by atoms with E-state index in [4.69, 9.17) is 11.6 Å². The number of benzene rings is 1. The third-order valence-electron chi connectivity index (χ3n) is 3.91. The first-order valence-corrected chi connectivity index (χ1v) is 8.07. The average Bonchev–Trinajstić information content (AvgIpc) is 2.97. The van der Waals surface area contributed by atoms with Crippen LogP contribution in [0.5, 0.6) is 0 Å². The number of halogens is 1. The Labute approximate surface area is 136 Å². The molecule has 1 fully saturated rings. The second kappa shape index (κ2) is 6.69. The highest BCUT2D eigenvalue weighted by atomic mass is 35.5. The van der Waals surface area contributed by atoms with Gasteiger partial charge in [-0.1, -0.05) is 24.4 Å². The molecule has 0 heterocycles. The van der Waals surface area contributed by atoms with Crippen LogP contribution < -0.4 is 5.43 Å². The summed E-state index contributed by atoms with van der Waals surface area (Å²) in [6.45, 7) is 5.70. The second-order valence-corrected chi connectivity index (χ2v) is 7.21. The number of hydrazine groups is 1. The van der Waals surface area contributed by atoms with Crippen LogP contribution in [-0.4, -0.2) is 22.4 Å². The lowest BCUT2D eigenvalue weighted by atomic mass is 10.1. The van der Waals surface area contributed by atoms with Crippen LogP contribution in [-0.2, 0) is 4.79 Å². The average molecular weight is 323 g/mol. The molecule has 1 aromatic rings. The van der Waals surface area contributed by atoms with Gasteiger partial charge in [0.25, 0.3) is 5.91 Å². The molecule has 1 saturated carbocycles. The summed E-state index contributed by atoms with van der Waals surface area (Å²) in [5.74, 6) is -0.270. The summed E-state index contributed by atoms with van der Waals surface area (Å²) < 4.78 is 0. The van der Waals surface area contributed by atoms with Crippen LogP contribution in [0.25, 0.3) is 0 Å². The van der Waals surface area contributed by atoms with Crippen LogP contribution in [0.4, 0.5) is 0 Å². The first kappa shape index (κ1) is 16.8. The van der Waals surface area contributed by atoms with Gasteiger partial charge in [0.05, 0.1) is 5.54 Å². The van der Waals surface area contributed by atoms with E-state index < -0.39 is 5.54 Å². The van der Waals surface area contributed by atoms with Crippen LogP contribution in [0.2, 0.25) is 5.02 Å². The lowest BCUT2D eigenvalue weighted by molar-refractivity contribution is -0.130. The van der Waals surface area contributed by atoms with Gasteiger partial charge in [-0.25, -0.2) is 5.01 Å². The maximum absolute atomic E-state index is 12.7. The molecule has 22 heavy (non-hydrogen) atoms. The highest BCUT2D eigenvalue weighted by molar-refractivity contribution is 6.30. The van der Waals surface area contributed by atoms with E-state index in [-0.39, 0.29) is 17.7 Å². The number of nitrogens with one attached hydrogen (secondary N) is 1. The zero-order valence-electron chi connectivity index (χ0n) is 13.4. The molecule has 5 heteroatoms. The molecule has 0 aromatic heterocycles. The van der Waals surface area contributed by atoms with Gasteiger partial charge < -0.3 is 0 Å². The number of nitrogens with zero attached hydrogens (tertiary/aromatic N) is 1. The molecular formula is C17H23ClN2O2. The van der Waals surface area contributed by atoms with Crippen LogP contribution in [0, 0.1) is 5.92 Å². The van der Waals surface area contributed by atoms with E-state index >= 15 is 0 Å². The minimum absolute atomic E-state index is 0.0165. The molecule has 0 spiro atoms. The molecule has 2 rings (SSSR count). The number of carbonyl (C=O) groups is 2. The molecule has 0 saturated heterocycles. The van der Waals surface area contributed by atoms with Crippen LogP contribution in [0.3, 0.4) is 0 Å². The third-order valence-corrected chi connectivity index (χ3v) is 4.17. The quantitative estimate of drug-likeness (QED) is 0.842. The molecule has 0 aliphatic heterocycles. The highest BCUT2D eigenvalue weighted by Crippen LogP contribution is 2.25. The molecule has 120 valence electrons. The van der Waals surface area contributed by atoms with E-state index in [0.717, 1.165) is 25.7 Å². The van der Waals surface area contributed by atoms with Gasteiger partial charge in [-0.3, -0.25) is 15.0 Å². The zero-order valence-corrected chi connectivity index (χ0v) is 14.1. The van der Waals surface area contributed by atoms with Crippen molar-refractivity contribution in [1.29, 1.82) is 0 Å². The monoisotopic (exact) mass is 322 g/mol. The minimum atomic E-state index is -0.509. The number of hydrogen-bond donors (Lipinski definition) is 1. The van der Waals surface area contributed by atoms with Crippen molar-refractivity contribution in [1.82, 2.24) is 10.4 Å². The topological polar surface area (TPSA) is 49.4 Å². The Kier molecular flexibility index (Phi) is 5.12. The summed E-state index contributed by atoms with van der Waals surface area (Å²) >= 11 is 5.86. The first-order chi connectivity index (χ1) is 10.3. The molecule has 2 amide bonds. The van der Waals surface area contributed by atoms with Crippen LogP contribution in [0.15, 0.2) is 24.3 Å². The van der Waals surface area contributed by atoms with Crippen molar-refractivity contribution < 1.29 is 9.59 Å². The van der Waals surface area contributed by atoms with E-state index in [1.54, 1.807) is 24.3 Å². The van der Waals surface area contributed by atoms with E-state index in [1.165, 1.54) is 5.01 Å². The Morgan fingerprint density at radius 3 is 2.18 bits per heavy atom. The number of hydrogen-bond acceptors (Lipinski definition) is 2. The minimum Gasteiger partial charge on any atom is -0.273 e. The van der Waals surface area contributed by atoms with Crippen molar-refractivity contribution in [3.63, 3.8) is 0 Å². The SMILES string of the molecule is CC(C)(C)N(NC(=O)C1CCCC1)C(=O)c1ccc(Cl)cc1. The normalized spacial score (nSPS) is 15.6. The lowest BCUT2D eigenvalue weighted by Gasteiger charge is -2.36. The maximum Gasteiger partial charge on any atom is 0.272 e. The smallest absolute Gasteiger partial charge is 0.272 e. The molecule has 0 atom stereocenters. The van der Waals surface area contributed by atoms with Crippen molar-refractivity contribution in [2.24, 2.45) is 5.92 Å². The first-order valence-electron chi connectivity index (χ1n) is 7.69. The summed E-state index contributed by atoms with van der Waals surface area (Å²) in [5.41, 5.74) is 2.82. The number of carbonyl (C=O) groups excluding carboxylic acids is 2. The van der Waals surface area contributed by atoms with Crippen molar-refractivity contribution in [2.75, 3.05) is 0 Å². The fraction of sp³-hybridized carbons (Fsp3) is 0.529. The molecule has 0 unspecified atom stereocenters. The summed E-state index contributed by atoms with van der Waals surface area (Å²) in [6.07, 6.45) is 3.97. The molecule has 1 aliphatic carbocycles. The number of amides is 2. The van der Waals surface area contributed by atoms with E-state index in [2.05, 4.69) is 5.43 Å². The standard InChI is InChI=1S/C17H23ClN2O2/c1-17(2,3)20(19-15(21)12-6-4-5-7-12)16(22)13-8-10-14(18)11-9-13/h8-12H,4-7H2,1-3H3,(H,19,21). The van der Waals surface area contributed by atoms with Crippen molar-refractivity contribution in [3.05, 3.63) is 34.9 Å². The maximum atomic E-state index is 12.7. The third kappa shape index (κ3) is 4.01. The van der Waals surface area contributed by atoms with Gasteiger partial charge >= 0.3 is 0 Å². The fourth-order valence-electron chi connectivity index (χ4n) is 2.63. The molecule has 0 bridgehead atoms. The largest absolute Gasteiger partial charge is 0.273 e. The molecule has 1 aromatic carbocycles. The Bertz CT molecular complexity index is 543. The Morgan fingerprint density at radius 1 is 1.14 bits per heavy atom. The van der Waals surface area contributed by atoms with Gasteiger partial charge in [-0.15, -0.1) is 0 Å².